The van der Waals surface area contributed by atoms with Crippen molar-refractivity contribution in [2.24, 2.45) is 0 Å². The van der Waals surface area contributed by atoms with Crippen molar-refractivity contribution in [1.29, 1.82) is 0 Å². The Morgan fingerprint density at radius 3 is 2.33 bits per heavy atom. The number of unbranched alkanes of at least 4 members (excludes halogenated alkanes) is 1. The van der Waals surface area contributed by atoms with Crippen molar-refractivity contribution in [3.8, 4) is 0 Å². The van der Waals surface area contributed by atoms with Gasteiger partial charge in [-0.05, 0) is 6.42 Å². The van der Waals surface area contributed by atoms with E-state index in [0.717, 1.165) is 12.8 Å². The number of rotatable bonds is 6. The van der Waals surface area contributed by atoms with Crippen LogP contribution in [0.1, 0.15) is 26.2 Å². The molecule has 0 aromatic carbocycles. The maximum atomic E-state index is 11.6. The molecule has 0 aromatic heterocycles. The Bertz CT molecular complexity index is 257. The number of ketones is 1. The molecule has 0 aliphatic heterocycles. The molecule has 0 rings (SSSR count). The van der Waals surface area contributed by atoms with Gasteiger partial charge in [-0.1, -0.05) is 13.3 Å². The third-order valence-electron chi connectivity index (χ3n) is 1.85. The van der Waals surface area contributed by atoms with Crippen molar-refractivity contribution in [3.63, 3.8) is 0 Å². The fourth-order valence-corrected chi connectivity index (χ4v) is 1.08. The second kappa shape index (κ2) is 7.04. The van der Waals surface area contributed by atoms with Crippen LogP contribution in [0.2, 0.25) is 0 Å². The number of hydrogen-bond acceptors (Lipinski definition) is 4. The molecule has 4 nitrogen and oxygen atoms in total. The SMILES string of the molecule is CCCCC(=O)/C(=C/N(C)C)C(=O)OC. The average Bonchev–Trinajstić information content (AvgIpc) is 2.21. The zero-order valence-electron chi connectivity index (χ0n) is 9.87. The highest BCUT2D eigenvalue weighted by Crippen LogP contribution is 2.07. The summed E-state index contributed by atoms with van der Waals surface area (Å²) in [5, 5.41) is 0. The van der Waals surface area contributed by atoms with Gasteiger partial charge in [0.05, 0.1) is 7.11 Å². The molecule has 0 aromatic rings. The van der Waals surface area contributed by atoms with E-state index in [4.69, 9.17) is 0 Å². The first-order chi connectivity index (χ1) is 7.02. The van der Waals surface area contributed by atoms with Crippen molar-refractivity contribution in [3.05, 3.63) is 11.8 Å². The summed E-state index contributed by atoms with van der Waals surface area (Å²) in [6, 6.07) is 0. The summed E-state index contributed by atoms with van der Waals surface area (Å²) in [5.41, 5.74) is 0.121. The Labute approximate surface area is 90.9 Å². The molecule has 86 valence electrons. The number of ether oxygens (including phenoxy) is 1. The first-order valence-corrected chi connectivity index (χ1v) is 5.02. The van der Waals surface area contributed by atoms with Crippen LogP contribution in [0.3, 0.4) is 0 Å². The summed E-state index contributed by atoms with van der Waals surface area (Å²) in [4.78, 5) is 24.6. The van der Waals surface area contributed by atoms with Crippen molar-refractivity contribution >= 4 is 11.8 Å². The number of methoxy groups -OCH3 is 1. The molecule has 0 N–H and O–H groups in total. The average molecular weight is 213 g/mol. The highest BCUT2D eigenvalue weighted by Gasteiger charge is 2.18. The minimum Gasteiger partial charge on any atom is -0.465 e. The van der Waals surface area contributed by atoms with Crippen LogP contribution >= 0.6 is 0 Å². The first-order valence-electron chi connectivity index (χ1n) is 5.02. The summed E-state index contributed by atoms with van der Waals surface area (Å²) in [7, 11) is 4.80. The molecule has 0 atom stereocenters. The molecule has 0 bridgehead atoms. The van der Waals surface area contributed by atoms with Crippen LogP contribution in [-0.2, 0) is 14.3 Å². The number of hydrogen-bond donors (Lipinski definition) is 0. The van der Waals surface area contributed by atoms with E-state index in [-0.39, 0.29) is 11.4 Å². The topological polar surface area (TPSA) is 46.6 Å². The minimum absolute atomic E-state index is 0.121. The van der Waals surface area contributed by atoms with Crippen LogP contribution < -0.4 is 0 Å². The third-order valence-corrected chi connectivity index (χ3v) is 1.85. The summed E-state index contributed by atoms with van der Waals surface area (Å²) >= 11 is 0. The van der Waals surface area contributed by atoms with Gasteiger partial charge in [0.15, 0.2) is 5.78 Å². The monoisotopic (exact) mass is 213 g/mol. The Kier molecular flexibility index (Phi) is 6.42. The van der Waals surface area contributed by atoms with Gasteiger partial charge in [0, 0.05) is 26.7 Å². The van der Waals surface area contributed by atoms with Gasteiger partial charge in [-0.3, -0.25) is 4.79 Å². The molecule has 0 unspecified atom stereocenters. The third kappa shape index (κ3) is 5.20. The zero-order valence-corrected chi connectivity index (χ0v) is 9.87. The van der Waals surface area contributed by atoms with Crippen LogP contribution in [0, 0.1) is 0 Å². The number of carbonyl (C=O) groups is 2. The van der Waals surface area contributed by atoms with Gasteiger partial charge in [-0.2, -0.15) is 0 Å². The number of carbonyl (C=O) groups excluding carboxylic acids is 2. The lowest BCUT2D eigenvalue weighted by molar-refractivity contribution is -0.137. The first kappa shape index (κ1) is 13.7. The lowest BCUT2D eigenvalue weighted by Gasteiger charge is -2.09. The lowest BCUT2D eigenvalue weighted by Crippen LogP contribution is -2.18. The maximum absolute atomic E-state index is 11.6. The van der Waals surface area contributed by atoms with Crippen molar-refractivity contribution in [1.82, 2.24) is 4.90 Å². The molecule has 0 aliphatic carbocycles. The molecule has 0 fully saturated rings. The summed E-state index contributed by atoms with van der Waals surface area (Å²) in [6.45, 7) is 2.00. The second-order valence-corrected chi connectivity index (χ2v) is 3.52. The zero-order chi connectivity index (χ0) is 11.8. The van der Waals surface area contributed by atoms with Crippen LogP contribution in [0.4, 0.5) is 0 Å². The van der Waals surface area contributed by atoms with E-state index >= 15 is 0 Å². The molecule has 0 saturated heterocycles. The molecule has 0 aliphatic rings. The van der Waals surface area contributed by atoms with Crippen LogP contribution in [0.15, 0.2) is 11.8 Å². The molecule has 0 spiro atoms. The van der Waals surface area contributed by atoms with E-state index in [0.29, 0.717) is 6.42 Å². The molecule has 0 heterocycles. The minimum atomic E-state index is -0.565. The molecular formula is C11H19NO3. The van der Waals surface area contributed by atoms with Gasteiger partial charge < -0.3 is 9.64 Å². The Morgan fingerprint density at radius 2 is 1.93 bits per heavy atom. The number of nitrogens with zero attached hydrogens (tertiary/aromatic N) is 1. The second-order valence-electron chi connectivity index (χ2n) is 3.52. The van der Waals surface area contributed by atoms with Crippen molar-refractivity contribution < 1.29 is 14.3 Å². The van der Waals surface area contributed by atoms with E-state index in [1.54, 1.807) is 19.0 Å². The lowest BCUT2D eigenvalue weighted by atomic mass is 10.1. The van der Waals surface area contributed by atoms with Gasteiger partial charge in [0.1, 0.15) is 5.57 Å². The fourth-order valence-electron chi connectivity index (χ4n) is 1.08. The Balaban J connectivity index is 4.64. The predicted molar refractivity (Wildman–Crippen MR) is 58.3 cm³/mol. The summed E-state index contributed by atoms with van der Waals surface area (Å²) < 4.78 is 4.56. The number of esters is 1. The molecule has 0 amide bonds. The Hall–Kier alpha value is -1.32. The van der Waals surface area contributed by atoms with E-state index < -0.39 is 5.97 Å². The standard InChI is InChI=1S/C11H19NO3/c1-5-6-7-10(13)9(8-12(2)3)11(14)15-4/h8H,5-7H2,1-4H3/b9-8-. The van der Waals surface area contributed by atoms with Crippen molar-refractivity contribution in [2.75, 3.05) is 21.2 Å². The van der Waals surface area contributed by atoms with Gasteiger partial charge in [0.2, 0.25) is 0 Å². The highest BCUT2D eigenvalue weighted by molar-refractivity contribution is 6.17. The van der Waals surface area contributed by atoms with Crippen LogP contribution in [-0.4, -0.2) is 37.9 Å². The van der Waals surface area contributed by atoms with Crippen molar-refractivity contribution in [2.45, 2.75) is 26.2 Å². The summed E-state index contributed by atoms with van der Waals surface area (Å²) in [5.74, 6) is -0.720. The van der Waals surface area contributed by atoms with E-state index in [1.165, 1.54) is 13.3 Å². The van der Waals surface area contributed by atoms with E-state index in [9.17, 15) is 9.59 Å². The molecule has 0 saturated carbocycles. The maximum Gasteiger partial charge on any atom is 0.342 e. The van der Waals surface area contributed by atoms with E-state index in [2.05, 4.69) is 4.74 Å². The fraction of sp³-hybridized carbons (Fsp3) is 0.636. The van der Waals surface area contributed by atoms with Gasteiger partial charge >= 0.3 is 5.97 Å². The molecular weight excluding hydrogens is 194 g/mol. The van der Waals surface area contributed by atoms with Crippen LogP contribution in [0.25, 0.3) is 0 Å². The van der Waals surface area contributed by atoms with Gasteiger partial charge in [-0.15, -0.1) is 0 Å². The Morgan fingerprint density at radius 1 is 1.33 bits per heavy atom. The van der Waals surface area contributed by atoms with Gasteiger partial charge in [0.25, 0.3) is 0 Å². The largest absolute Gasteiger partial charge is 0.465 e. The molecule has 4 heteroatoms. The van der Waals surface area contributed by atoms with Gasteiger partial charge in [-0.25, -0.2) is 4.79 Å². The smallest absolute Gasteiger partial charge is 0.342 e. The molecule has 0 radical (unpaired) electrons. The normalized spacial score (nSPS) is 11.1. The quantitative estimate of drug-likeness (QED) is 0.289. The highest BCUT2D eigenvalue weighted by atomic mass is 16.5. The summed E-state index contributed by atoms with van der Waals surface area (Å²) in [6.07, 6.45) is 3.62. The number of Topliss-reactive ketones (excluding diaryl/α,β-unsaturated/α-hetero) is 1. The predicted octanol–water partition coefficient (Wildman–Crippen LogP) is 1.36. The van der Waals surface area contributed by atoms with E-state index in [1.807, 2.05) is 6.92 Å². The van der Waals surface area contributed by atoms with Crippen LogP contribution in [0.5, 0.6) is 0 Å². The molecule has 15 heavy (non-hydrogen) atoms.